The highest BCUT2D eigenvalue weighted by Gasteiger charge is 2.77. The van der Waals surface area contributed by atoms with Gasteiger partial charge in [-0.3, -0.25) is 4.79 Å². The third kappa shape index (κ3) is 3.09. The molecule has 5 aliphatic rings. The van der Waals surface area contributed by atoms with Gasteiger partial charge in [0.05, 0.1) is 12.0 Å². The van der Waals surface area contributed by atoms with E-state index < -0.39 is 35.0 Å². The molecule has 1 aromatic heterocycles. The van der Waals surface area contributed by atoms with Crippen LogP contribution in [0.3, 0.4) is 0 Å². The number of esters is 1. The smallest absolute Gasteiger partial charge is 0.361 e. The van der Waals surface area contributed by atoms with Gasteiger partial charge in [-0.15, -0.1) is 0 Å². The van der Waals surface area contributed by atoms with E-state index in [2.05, 4.69) is 18.8 Å². The van der Waals surface area contributed by atoms with Crippen molar-refractivity contribution in [3.8, 4) is 0 Å². The standard InChI is InChI=1S/C29H37NO7/c1-13-11-28-14(2)9-19-20(26(19,5)6)18(22(28)31)10-17-12-34-27(7,8)37-24(17)29(28,33)23(13)36-25(32)21-15(3)35-16(4)30-21/h10-11,14,18-20,23-24,33H,9,12H2,1-8H3/t14-,18+,19-,20+,23+,24-,28+,29-/m1/s1. The number of nitrogens with zero attached hydrogens (tertiary/aromatic N) is 1. The van der Waals surface area contributed by atoms with Crippen molar-refractivity contribution >= 4 is 11.8 Å². The zero-order chi connectivity index (χ0) is 26.9. The van der Waals surface area contributed by atoms with Crippen molar-refractivity contribution in [2.45, 2.75) is 85.4 Å². The highest BCUT2D eigenvalue weighted by Crippen LogP contribution is 2.72. The highest BCUT2D eigenvalue weighted by molar-refractivity contribution is 5.96. The minimum absolute atomic E-state index is 0.0183. The summed E-state index contributed by atoms with van der Waals surface area (Å²) in [6, 6.07) is 0. The molecule has 1 saturated heterocycles. The Balaban J connectivity index is 1.52. The third-order valence-corrected chi connectivity index (χ3v) is 9.99. The van der Waals surface area contributed by atoms with Crippen LogP contribution in [0, 0.1) is 48.3 Å². The van der Waals surface area contributed by atoms with Crippen molar-refractivity contribution < 1.29 is 33.3 Å². The first kappa shape index (κ1) is 25.0. The molecule has 0 amide bonds. The van der Waals surface area contributed by atoms with Gasteiger partial charge in [0, 0.05) is 12.8 Å². The normalized spacial score (nSPS) is 42.9. The van der Waals surface area contributed by atoms with E-state index in [0.717, 1.165) is 12.0 Å². The number of ketones is 1. The molecular formula is C29H37NO7. The molecular weight excluding hydrogens is 474 g/mol. The molecule has 2 saturated carbocycles. The zero-order valence-electron chi connectivity index (χ0n) is 22.9. The summed E-state index contributed by atoms with van der Waals surface area (Å²) in [7, 11) is 0. The summed E-state index contributed by atoms with van der Waals surface area (Å²) in [5.41, 5.74) is -1.66. The SMILES string of the molecule is CC1=C[C@]23C(=O)[C@@H](C=C4COC(C)(C)O[C@H]4[C@]2(O)[C@H]1OC(=O)c1nc(C)oc1C)[C@H]1[C@@H](C[C@H]3C)C1(C)C. The lowest BCUT2D eigenvalue weighted by atomic mass is 9.59. The molecule has 8 nitrogen and oxygen atoms in total. The first-order valence-electron chi connectivity index (χ1n) is 13.3. The van der Waals surface area contributed by atoms with Crippen molar-refractivity contribution in [1.82, 2.24) is 4.98 Å². The molecule has 0 aromatic carbocycles. The fourth-order valence-corrected chi connectivity index (χ4v) is 8.18. The number of ether oxygens (including phenoxy) is 3. The number of rotatable bonds is 2. The van der Waals surface area contributed by atoms with Crippen LogP contribution in [-0.4, -0.2) is 52.0 Å². The van der Waals surface area contributed by atoms with Gasteiger partial charge in [0.1, 0.15) is 11.9 Å². The third-order valence-electron chi connectivity index (χ3n) is 9.99. The summed E-state index contributed by atoms with van der Waals surface area (Å²) in [6.45, 7) is 15.5. The molecule has 1 aromatic rings. The van der Waals surface area contributed by atoms with Gasteiger partial charge in [-0.2, -0.15) is 0 Å². The van der Waals surface area contributed by atoms with E-state index in [0.29, 0.717) is 23.1 Å². The average molecular weight is 512 g/mol. The van der Waals surface area contributed by atoms with Gasteiger partial charge in [0.25, 0.3) is 0 Å². The van der Waals surface area contributed by atoms with Gasteiger partial charge in [0.15, 0.2) is 34.9 Å². The monoisotopic (exact) mass is 511 g/mol. The molecule has 1 spiro atoms. The van der Waals surface area contributed by atoms with Crippen molar-refractivity contribution in [1.29, 1.82) is 0 Å². The Labute approximate surface area is 217 Å². The Kier molecular flexibility index (Phi) is 5.02. The number of hydrogen-bond acceptors (Lipinski definition) is 8. The van der Waals surface area contributed by atoms with Crippen molar-refractivity contribution in [2.24, 2.45) is 34.5 Å². The van der Waals surface area contributed by atoms with E-state index in [1.165, 1.54) is 0 Å². The minimum Gasteiger partial charge on any atom is -0.450 e. The highest BCUT2D eigenvalue weighted by atomic mass is 16.7. The van der Waals surface area contributed by atoms with Crippen molar-refractivity contribution in [2.75, 3.05) is 6.61 Å². The molecule has 8 atom stereocenters. The van der Waals surface area contributed by atoms with Crippen LogP contribution in [0.4, 0.5) is 0 Å². The van der Waals surface area contributed by atoms with E-state index in [9.17, 15) is 14.7 Å². The summed E-state index contributed by atoms with van der Waals surface area (Å²) < 4.78 is 24.0. The van der Waals surface area contributed by atoms with Crippen molar-refractivity contribution in [3.63, 3.8) is 0 Å². The fraction of sp³-hybridized carbons (Fsp3) is 0.690. The second kappa shape index (κ2) is 7.42. The van der Waals surface area contributed by atoms with E-state index in [1.807, 2.05) is 26.0 Å². The van der Waals surface area contributed by atoms with Crippen LogP contribution in [0.5, 0.6) is 0 Å². The molecule has 37 heavy (non-hydrogen) atoms. The Hall–Kier alpha value is -2.29. The molecule has 4 aliphatic carbocycles. The Morgan fingerprint density at radius 2 is 1.89 bits per heavy atom. The number of carbonyl (C=O) groups is 2. The van der Waals surface area contributed by atoms with E-state index in [-0.39, 0.29) is 41.3 Å². The number of Topliss-reactive ketones (excluding diaryl/α,β-unsaturated/α-hetero) is 1. The van der Waals surface area contributed by atoms with Crippen LogP contribution in [0.2, 0.25) is 0 Å². The summed E-state index contributed by atoms with van der Waals surface area (Å²) in [6.07, 6.45) is 2.68. The van der Waals surface area contributed by atoms with Gasteiger partial charge >= 0.3 is 5.97 Å². The summed E-state index contributed by atoms with van der Waals surface area (Å²) in [5, 5.41) is 13.0. The van der Waals surface area contributed by atoms with Crippen LogP contribution in [0.1, 0.15) is 70.1 Å². The Morgan fingerprint density at radius 1 is 1.19 bits per heavy atom. The first-order valence-corrected chi connectivity index (χ1v) is 13.3. The topological polar surface area (TPSA) is 108 Å². The van der Waals surface area contributed by atoms with Crippen LogP contribution in [0.15, 0.2) is 27.7 Å². The summed E-state index contributed by atoms with van der Waals surface area (Å²) in [5.74, 6) is -1.03. The number of aromatic nitrogens is 1. The molecule has 1 aliphatic heterocycles. The molecule has 8 heteroatoms. The number of aryl methyl sites for hydroxylation is 2. The number of fused-ring (bicyclic) bond motifs is 5. The number of oxazole rings is 1. The lowest BCUT2D eigenvalue weighted by molar-refractivity contribution is -0.302. The van der Waals surface area contributed by atoms with Gasteiger partial charge in [-0.1, -0.05) is 32.9 Å². The number of allylic oxidation sites excluding steroid dienone is 1. The lowest BCUT2D eigenvalue weighted by Crippen LogP contribution is -2.68. The van der Waals surface area contributed by atoms with Crippen LogP contribution in [0.25, 0.3) is 0 Å². The fourth-order valence-electron chi connectivity index (χ4n) is 8.18. The molecule has 1 N–H and O–H groups in total. The lowest BCUT2D eigenvalue weighted by Gasteiger charge is -2.52. The molecule has 2 heterocycles. The van der Waals surface area contributed by atoms with Gasteiger partial charge in [0.2, 0.25) is 0 Å². The summed E-state index contributed by atoms with van der Waals surface area (Å²) in [4.78, 5) is 32.2. The van der Waals surface area contributed by atoms with Crippen LogP contribution < -0.4 is 0 Å². The van der Waals surface area contributed by atoms with Gasteiger partial charge in [-0.05, 0) is 68.4 Å². The number of carbonyl (C=O) groups excluding carboxylic acids is 2. The maximum absolute atomic E-state index is 14.7. The quantitative estimate of drug-likeness (QED) is 0.467. The van der Waals surface area contributed by atoms with Gasteiger partial charge in [-0.25, -0.2) is 9.78 Å². The molecule has 2 bridgehead atoms. The van der Waals surface area contributed by atoms with Crippen molar-refractivity contribution in [3.05, 3.63) is 40.6 Å². The first-order chi connectivity index (χ1) is 17.1. The Bertz CT molecular complexity index is 1270. The minimum atomic E-state index is -1.85. The maximum Gasteiger partial charge on any atom is 0.361 e. The van der Waals surface area contributed by atoms with Crippen LogP contribution >= 0.6 is 0 Å². The van der Waals surface area contributed by atoms with E-state index in [4.69, 9.17) is 18.6 Å². The predicted octanol–water partition coefficient (Wildman–Crippen LogP) is 4.08. The molecule has 0 radical (unpaired) electrons. The second-order valence-electron chi connectivity index (χ2n) is 12.9. The Morgan fingerprint density at radius 3 is 2.54 bits per heavy atom. The zero-order valence-corrected chi connectivity index (χ0v) is 22.9. The van der Waals surface area contributed by atoms with Crippen LogP contribution in [-0.2, 0) is 19.0 Å². The van der Waals surface area contributed by atoms with E-state index in [1.54, 1.807) is 27.7 Å². The molecule has 200 valence electrons. The molecule has 0 unspecified atom stereocenters. The number of aliphatic hydroxyl groups is 1. The molecule has 6 rings (SSSR count). The predicted molar refractivity (Wildman–Crippen MR) is 132 cm³/mol. The number of hydrogen-bond donors (Lipinski definition) is 1. The summed E-state index contributed by atoms with van der Waals surface area (Å²) >= 11 is 0. The largest absolute Gasteiger partial charge is 0.450 e. The second-order valence-corrected chi connectivity index (χ2v) is 12.9. The average Bonchev–Trinajstić information content (AvgIpc) is 3.08. The van der Waals surface area contributed by atoms with E-state index >= 15 is 0 Å². The maximum atomic E-state index is 14.7. The van der Waals surface area contributed by atoms with Gasteiger partial charge < -0.3 is 23.7 Å². The molecule has 3 fully saturated rings.